The number of methoxy groups -OCH3 is 1. The van der Waals surface area contributed by atoms with E-state index in [4.69, 9.17) is 4.74 Å². The third-order valence-corrected chi connectivity index (χ3v) is 5.26. The zero-order valence-electron chi connectivity index (χ0n) is 16.3. The van der Waals surface area contributed by atoms with E-state index in [-0.39, 0.29) is 11.7 Å². The highest BCUT2D eigenvalue weighted by molar-refractivity contribution is 5.79. The molecule has 0 bridgehead atoms. The van der Waals surface area contributed by atoms with Crippen LogP contribution in [0.3, 0.4) is 0 Å². The molecule has 4 rings (SSSR count). The molecular weight excluding hydrogens is 369 g/mol. The van der Waals surface area contributed by atoms with Crippen LogP contribution in [0.4, 0.5) is 4.39 Å². The summed E-state index contributed by atoms with van der Waals surface area (Å²) in [5.74, 6) is 0.516. The highest BCUT2D eigenvalue weighted by Gasteiger charge is 2.25. The second kappa shape index (κ2) is 8.39. The van der Waals surface area contributed by atoms with Crippen LogP contribution >= 0.6 is 0 Å². The molecule has 1 aromatic heterocycles. The minimum absolute atomic E-state index is 0.0525. The molecule has 148 valence electrons. The number of hydrogen-bond donors (Lipinski definition) is 0. The van der Waals surface area contributed by atoms with Crippen LogP contribution in [0.15, 0.2) is 54.9 Å². The summed E-state index contributed by atoms with van der Waals surface area (Å²) in [6, 6.07) is 14.0. The molecule has 0 unspecified atom stereocenters. The van der Waals surface area contributed by atoms with Crippen LogP contribution in [-0.4, -0.2) is 34.4 Å². The quantitative estimate of drug-likeness (QED) is 0.669. The van der Waals surface area contributed by atoms with Gasteiger partial charge in [-0.25, -0.2) is 14.4 Å². The fraction of sp³-hybridized carbons (Fsp3) is 0.261. The molecule has 2 heterocycles. The van der Waals surface area contributed by atoms with Gasteiger partial charge < -0.3 is 9.64 Å². The Bertz CT molecular complexity index is 1020. The number of carbonyl (C=O) groups excluding carboxylic acids is 1. The fourth-order valence-electron chi connectivity index (χ4n) is 3.68. The van der Waals surface area contributed by atoms with Crippen LogP contribution in [0, 0.1) is 5.82 Å². The average molecular weight is 391 g/mol. The zero-order valence-corrected chi connectivity index (χ0v) is 16.3. The lowest BCUT2D eigenvalue weighted by Crippen LogP contribution is -2.38. The number of fused-ring (bicyclic) bond motifs is 1. The molecule has 0 N–H and O–H groups in total. The maximum absolute atomic E-state index is 13.2. The summed E-state index contributed by atoms with van der Waals surface area (Å²) in [6.07, 6.45) is 3.15. The molecule has 0 aliphatic carbocycles. The van der Waals surface area contributed by atoms with E-state index in [1.165, 1.54) is 12.1 Å². The Morgan fingerprint density at radius 1 is 1.14 bits per heavy atom. The summed E-state index contributed by atoms with van der Waals surface area (Å²) in [5.41, 5.74) is 4.72. The van der Waals surface area contributed by atoms with Crippen LogP contribution in [0.5, 0.6) is 5.75 Å². The van der Waals surface area contributed by atoms with Crippen molar-refractivity contribution in [3.05, 3.63) is 88.8 Å². The van der Waals surface area contributed by atoms with Gasteiger partial charge >= 0.3 is 0 Å². The molecule has 2 aromatic carbocycles. The van der Waals surface area contributed by atoms with Crippen LogP contribution in [0.2, 0.25) is 0 Å². The molecule has 0 atom stereocenters. The van der Waals surface area contributed by atoms with Gasteiger partial charge in [0.25, 0.3) is 0 Å². The number of para-hydroxylation sites is 1. The molecule has 0 saturated heterocycles. The monoisotopic (exact) mass is 391 g/mol. The van der Waals surface area contributed by atoms with E-state index in [2.05, 4.69) is 9.97 Å². The van der Waals surface area contributed by atoms with Crippen molar-refractivity contribution in [2.75, 3.05) is 13.7 Å². The first-order valence-corrected chi connectivity index (χ1v) is 9.60. The summed E-state index contributed by atoms with van der Waals surface area (Å²) in [4.78, 5) is 23.7. The number of halogens is 1. The van der Waals surface area contributed by atoms with Gasteiger partial charge in [-0.15, -0.1) is 0 Å². The first-order valence-electron chi connectivity index (χ1n) is 9.60. The van der Waals surface area contributed by atoms with Crippen molar-refractivity contribution in [1.29, 1.82) is 0 Å². The van der Waals surface area contributed by atoms with Crippen LogP contribution < -0.4 is 4.74 Å². The molecule has 0 spiro atoms. The third-order valence-electron chi connectivity index (χ3n) is 5.26. The lowest BCUT2D eigenvalue weighted by Gasteiger charge is -2.29. The number of carbonyl (C=O) groups is 1. The summed E-state index contributed by atoms with van der Waals surface area (Å²) in [5, 5.41) is 0. The van der Waals surface area contributed by atoms with Crippen molar-refractivity contribution in [3.8, 4) is 5.75 Å². The van der Waals surface area contributed by atoms with Gasteiger partial charge in [0.05, 0.1) is 24.9 Å². The Morgan fingerprint density at radius 2 is 1.93 bits per heavy atom. The molecule has 1 amide bonds. The summed E-state index contributed by atoms with van der Waals surface area (Å²) >= 11 is 0. The minimum Gasteiger partial charge on any atom is -0.496 e. The number of amides is 1. The molecule has 6 heteroatoms. The van der Waals surface area contributed by atoms with Crippen LogP contribution in [0.1, 0.15) is 28.1 Å². The smallest absolute Gasteiger partial charge is 0.227 e. The van der Waals surface area contributed by atoms with Gasteiger partial charge in [0.15, 0.2) is 0 Å². The van der Waals surface area contributed by atoms with Gasteiger partial charge in [-0.05, 0) is 23.8 Å². The Morgan fingerprint density at radius 3 is 2.72 bits per heavy atom. The summed E-state index contributed by atoms with van der Waals surface area (Å²) in [7, 11) is 1.61. The van der Waals surface area contributed by atoms with E-state index in [1.54, 1.807) is 25.6 Å². The lowest BCUT2D eigenvalue weighted by molar-refractivity contribution is -0.131. The van der Waals surface area contributed by atoms with E-state index >= 15 is 0 Å². The minimum atomic E-state index is -0.258. The van der Waals surface area contributed by atoms with E-state index in [0.717, 1.165) is 33.8 Å². The maximum Gasteiger partial charge on any atom is 0.227 e. The molecule has 0 fully saturated rings. The number of hydrogen-bond acceptors (Lipinski definition) is 4. The number of ether oxygens (including phenoxy) is 1. The van der Waals surface area contributed by atoms with E-state index in [1.807, 2.05) is 29.2 Å². The number of benzene rings is 2. The van der Waals surface area contributed by atoms with Gasteiger partial charge in [0.2, 0.25) is 5.91 Å². The molecule has 3 aromatic rings. The van der Waals surface area contributed by atoms with Gasteiger partial charge in [0, 0.05) is 37.1 Å². The van der Waals surface area contributed by atoms with Crippen molar-refractivity contribution in [1.82, 2.24) is 14.9 Å². The van der Waals surface area contributed by atoms with Crippen LogP contribution in [-0.2, 0) is 30.6 Å². The normalized spacial score (nSPS) is 13.1. The molecule has 0 saturated carbocycles. The van der Waals surface area contributed by atoms with Gasteiger partial charge in [-0.1, -0.05) is 30.3 Å². The van der Waals surface area contributed by atoms with Crippen molar-refractivity contribution in [3.63, 3.8) is 0 Å². The topological polar surface area (TPSA) is 55.3 Å². The number of aromatic nitrogens is 2. The largest absolute Gasteiger partial charge is 0.496 e. The molecule has 5 nitrogen and oxygen atoms in total. The van der Waals surface area contributed by atoms with E-state index < -0.39 is 0 Å². The number of nitrogens with zero attached hydrogens (tertiary/aromatic N) is 3. The number of rotatable bonds is 5. The average Bonchev–Trinajstić information content (AvgIpc) is 2.75. The Labute approximate surface area is 169 Å². The zero-order chi connectivity index (χ0) is 20.2. The fourth-order valence-corrected chi connectivity index (χ4v) is 3.68. The molecule has 0 radical (unpaired) electrons. The van der Waals surface area contributed by atoms with Gasteiger partial charge in [-0.3, -0.25) is 4.79 Å². The van der Waals surface area contributed by atoms with Crippen LogP contribution in [0.25, 0.3) is 0 Å². The highest BCUT2D eigenvalue weighted by Crippen LogP contribution is 2.24. The van der Waals surface area contributed by atoms with Crippen molar-refractivity contribution in [2.45, 2.75) is 25.8 Å². The standard InChI is InChI=1S/C23H22FN3O2/c1-29-22-5-3-2-4-17(22)13-23(28)27-11-10-20-19(14-27)21(26-15-25-20)12-16-6-8-18(24)9-7-16/h2-9,15H,10-14H2,1H3. The first kappa shape index (κ1) is 19.1. The first-order chi connectivity index (χ1) is 14.1. The summed E-state index contributed by atoms with van der Waals surface area (Å²) < 4.78 is 18.6. The lowest BCUT2D eigenvalue weighted by atomic mass is 9.99. The second-order valence-electron chi connectivity index (χ2n) is 7.10. The van der Waals surface area contributed by atoms with Crippen molar-refractivity contribution < 1.29 is 13.9 Å². The Balaban J connectivity index is 1.52. The van der Waals surface area contributed by atoms with E-state index in [0.29, 0.717) is 32.4 Å². The summed E-state index contributed by atoms with van der Waals surface area (Å²) in [6.45, 7) is 1.12. The van der Waals surface area contributed by atoms with Crippen molar-refractivity contribution in [2.24, 2.45) is 0 Å². The third kappa shape index (κ3) is 4.26. The second-order valence-corrected chi connectivity index (χ2v) is 7.10. The Kier molecular flexibility index (Phi) is 5.51. The predicted molar refractivity (Wildman–Crippen MR) is 107 cm³/mol. The predicted octanol–water partition coefficient (Wildman–Crippen LogP) is 3.34. The maximum atomic E-state index is 13.2. The SMILES string of the molecule is COc1ccccc1CC(=O)N1CCc2ncnc(Cc3ccc(F)cc3)c2C1. The van der Waals surface area contributed by atoms with E-state index in [9.17, 15) is 9.18 Å². The highest BCUT2D eigenvalue weighted by atomic mass is 19.1. The molecular formula is C23H22FN3O2. The Hall–Kier alpha value is -3.28. The van der Waals surface area contributed by atoms with Gasteiger partial charge in [-0.2, -0.15) is 0 Å². The van der Waals surface area contributed by atoms with Crippen molar-refractivity contribution >= 4 is 5.91 Å². The molecule has 29 heavy (non-hydrogen) atoms. The molecule has 1 aliphatic heterocycles. The molecule has 1 aliphatic rings. The van der Waals surface area contributed by atoms with Gasteiger partial charge in [0.1, 0.15) is 17.9 Å².